The number of hydrogen-bond acceptors (Lipinski definition) is 4. The summed E-state index contributed by atoms with van der Waals surface area (Å²) in [5.41, 5.74) is -2.53. The van der Waals surface area contributed by atoms with Gasteiger partial charge >= 0.3 is 0 Å². The monoisotopic (exact) mass is 398 g/mol. The molecule has 10 atom stereocenters. The number of ether oxygens (including phenoxy) is 2. The fraction of sp³-hybridized carbons (Fsp3) is 0.867. The van der Waals surface area contributed by atoms with Gasteiger partial charge in [-0.1, -0.05) is 12.2 Å². The van der Waals surface area contributed by atoms with Crippen molar-refractivity contribution in [3.05, 3.63) is 12.2 Å². The van der Waals surface area contributed by atoms with Crippen LogP contribution in [0.25, 0.3) is 0 Å². The molecular formula is C15H14Cl4O4. The summed E-state index contributed by atoms with van der Waals surface area (Å²) in [5.74, 6) is -3.68. The van der Waals surface area contributed by atoms with Crippen LogP contribution in [-0.4, -0.2) is 60.9 Å². The molecule has 7 rings (SSSR count). The molecule has 23 heavy (non-hydrogen) atoms. The Balaban J connectivity index is 1.85. The molecule has 0 spiro atoms. The van der Waals surface area contributed by atoms with Crippen LogP contribution in [0, 0.1) is 23.7 Å². The topological polar surface area (TPSA) is 58.9 Å². The maximum atomic E-state index is 11.4. The number of hydrogen-bond donors (Lipinski definition) is 2. The Labute approximate surface area is 152 Å². The molecule has 7 aliphatic carbocycles. The molecule has 126 valence electrons. The highest BCUT2D eigenvalue weighted by Crippen LogP contribution is 3.01. The predicted octanol–water partition coefficient (Wildman–Crippen LogP) is 1.45. The largest absolute Gasteiger partial charge is 0.385 e. The summed E-state index contributed by atoms with van der Waals surface area (Å²) >= 11 is 28.4. The van der Waals surface area contributed by atoms with Crippen LogP contribution in [0.5, 0.6) is 0 Å². The maximum absolute atomic E-state index is 11.4. The van der Waals surface area contributed by atoms with E-state index in [1.165, 1.54) is 14.2 Å². The molecule has 0 heterocycles. The molecule has 4 bridgehead atoms. The minimum absolute atomic E-state index is 0.490. The molecule has 2 unspecified atom stereocenters. The van der Waals surface area contributed by atoms with Crippen LogP contribution in [0.4, 0.5) is 0 Å². The highest BCUT2D eigenvalue weighted by molar-refractivity contribution is 6.51. The molecule has 7 aliphatic rings. The van der Waals surface area contributed by atoms with Crippen LogP contribution in [-0.2, 0) is 9.47 Å². The zero-order chi connectivity index (χ0) is 16.6. The van der Waals surface area contributed by atoms with E-state index in [0.29, 0.717) is 0 Å². The van der Waals surface area contributed by atoms with Gasteiger partial charge in [0.25, 0.3) is 0 Å². The molecule has 8 heteroatoms. The second kappa shape index (κ2) is 3.11. The first kappa shape index (κ1) is 14.9. The lowest BCUT2D eigenvalue weighted by molar-refractivity contribution is -0.225. The minimum Gasteiger partial charge on any atom is -0.385 e. The van der Waals surface area contributed by atoms with Crippen LogP contribution >= 0.6 is 46.4 Å². The number of halogens is 4. The third kappa shape index (κ3) is 0.743. The quantitative estimate of drug-likeness (QED) is 0.419. The lowest BCUT2D eigenvalue weighted by atomic mass is 9.48. The van der Waals surface area contributed by atoms with E-state index in [9.17, 15) is 10.2 Å². The van der Waals surface area contributed by atoms with Crippen LogP contribution in [0.15, 0.2) is 12.2 Å². The van der Waals surface area contributed by atoms with E-state index in [1.807, 2.05) is 0 Å². The van der Waals surface area contributed by atoms with Crippen molar-refractivity contribution >= 4 is 46.4 Å². The summed E-state index contributed by atoms with van der Waals surface area (Å²) in [5, 5.41) is 22.8. The first-order chi connectivity index (χ1) is 10.6. The van der Waals surface area contributed by atoms with Gasteiger partial charge in [-0.2, -0.15) is 0 Å². The summed E-state index contributed by atoms with van der Waals surface area (Å²) in [6.45, 7) is 0. The van der Waals surface area contributed by atoms with Gasteiger partial charge in [-0.25, -0.2) is 0 Å². The van der Waals surface area contributed by atoms with Crippen molar-refractivity contribution in [3.63, 3.8) is 0 Å². The fourth-order valence-electron chi connectivity index (χ4n) is 7.95. The predicted molar refractivity (Wildman–Crippen MR) is 84.1 cm³/mol. The highest BCUT2D eigenvalue weighted by atomic mass is 35.5. The third-order valence-corrected chi connectivity index (χ3v) is 11.6. The van der Waals surface area contributed by atoms with Crippen molar-refractivity contribution in [1.82, 2.24) is 0 Å². The van der Waals surface area contributed by atoms with Gasteiger partial charge in [-0.15, -0.1) is 46.4 Å². The Morgan fingerprint density at radius 2 is 1.00 bits per heavy atom. The highest BCUT2D eigenvalue weighted by Gasteiger charge is 3.15. The molecule has 2 N–H and O–H groups in total. The molecule has 0 aromatic heterocycles. The number of methoxy groups -OCH3 is 2. The molecule has 0 aliphatic heterocycles. The summed E-state index contributed by atoms with van der Waals surface area (Å²) in [7, 11) is 2.90. The van der Waals surface area contributed by atoms with Gasteiger partial charge in [-0.05, 0) is 0 Å². The molecule has 0 saturated heterocycles. The van der Waals surface area contributed by atoms with Gasteiger partial charge in [0.05, 0.1) is 21.0 Å². The number of rotatable bonds is 2. The first-order valence-electron chi connectivity index (χ1n) is 7.56. The van der Waals surface area contributed by atoms with Crippen molar-refractivity contribution in [2.75, 3.05) is 14.2 Å². The van der Waals surface area contributed by atoms with Crippen LogP contribution in [0.1, 0.15) is 0 Å². The van der Waals surface area contributed by atoms with Crippen LogP contribution < -0.4 is 0 Å². The Morgan fingerprint density at radius 1 is 0.696 bits per heavy atom. The zero-order valence-corrected chi connectivity index (χ0v) is 15.2. The van der Waals surface area contributed by atoms with Crippen LogP contribution in [0.2, 0.25) is 0 Å². The molecule has 0 aromatic carbocycles. The average Bonchev–Trinajstić information content (AvgIpc) is 2.81. The van der Waals surface area contributed by atoms with Gasteiger partial charge in [0.2, 0.25) is 5.79 Å². The van der Waals surface area contributed by atoms with E-state index in [4.69, 9.17) is 55.9 Å². The van der Waals surface area contributed by atoms with Crippen molar-refractivity contribution in [2.24, 2.45) is 23.7 Å². The lowest BCUT2D eigenvalue weighted by Crippen LogP contribution is -2.77. The van der Waals surface area contributed by atoms with E-state index in [0.717, 1.165) is 0 Å². The fourth-order valence-corrected chi connectivity index (χ4v) is 11.5. The van der Waals surface area contributed by atoms with E-state index >= 15 is 0 Å². The Hall–Kier alpha value is 0.740. The van der Waals surface area contributed by atoms with E-state index in [-0.39, 0.29) is 0 Å². The minimum atomic E-state index is -1.50. The molecule has 0 radical (unpaired) electrons. The Kier molecular flexibility index (Phi) is 2.01. The maximum Gasteiger partial charge on any atom is 0.211 e. The van der Waals surface area contributed by atoms with E-state index in [2.05, 4.69) is 0 Å². The normalized spacial score (nSPS) is 76.5. The zero-order valence-electron chi connectivity index (χ0n) is 12.2. The van der Waals surface area contributed by atoms with Gasteiger partial charge < -0.3 is 19.7 Å². The van der Waals surface area contributed by atoms with Crippen molar-refractivity contribution < 1.29 is 19.7 Å². The molecule has 5 fully saturated rings. The van der Waals surface area contributed by atoms with Crippen molar-refractivity contribution in [2.45, 2.75) is 36.5 Å². The standard InChI is InChI=1S/C15H14Cl4O4/c1-22-15(23-2)13(18)7-8-10(21)4-3-9(7,20)5-6(10)12(17,11(5,13)16)14(8,15)19/h3-8,20-21H,1-2H3/t5-,6+,7?,8?,9-,10+,11-,12+,13-,14+. The molecule has 4 nitrogen and oxygen atoms in total. The Morgan fingerprint density at radius 3 is 1.30 bits per heavy atom. The molecular weight excluding hydrogens is 386 g/mol. The van der Waals surface area contributed by atoms with Gasteiger partial charge in [0.1, 0.15) is 9.75 Å². The number of aliphatic hydroxyl groups is 2. The SMILES string of the molecule is COC1(OC)[C@]2(Cl)C3C4[C@@]5(O)C=C[C@]3(O)[C@@H]3[C@H]5[C@@](Cl)([C@@]32Cl)[C@]41Cl. The smallest absolute Gasteiger partial charge is 0.211 e. The summed E-state index contributed by atoms with van der Waals surface area (Å²) in [6.07, 6.45) is 3.24. The van der Waals surface area contributed by atoms with Gasteiger partial charge in [-0.3, -0.25) is 0 Å². The van der Waals surface area contributed by atoms with Crippen molar-refractivity contribution in [1.29, 1.82) is 0 Å². The van der Waals surface area contributed by atoms with Crippen molar-refractivity contribution in [3.8, 4) is 0 Å². The lowest BCUT2D eigenvalue weighted by Gasteiger charge is -2.64. The summed E-state index contributed by atoms with van der Waals surface area (Å²) in [6, 6.07) is 0. The second-order valence-electron chi connectivity index (χ2n) is 7.89. The first-order valence-corrected chi connectivity index (χ1v) is 9.08. The van der Waals surface area contributed by atoms with Gasteiger partial charge in [0.15, 0.2) is 0 Å². The van der Waals surface area contributed by atoms with Crippen LogP contribution in [0.3, 0.4) is 0 Å². The molecule has 0 aromatic rings. The third-order valence-electron chi connectivity index (χ3n) is 8.11. The summed E-state index contributed by atoms with van der Waals surface area (Å²) in [4.78, 5) is -5.14. The van der Waals surface area contributed by atoms with E-state index in [1.54, 1.807) is 12.2 Å². The average molecular weight is 400 g/mol. The second-order valence-corrected chi connectivity index (χ2v) is 10.3. The molecule has 0 amide bonds. The summed E-state index contributed by atoms with van der Waals surface area (Å²) < 4.78 is 11.5. The Bertz CT molecular complexity index is 687. The van der Waals surface area contributed by atoms with Gasteiger partial charge in [0, 0.05) is 37.9 Å². The van der Waals surface area contributed by atoms with E-state index < -0.39 is 60.2 Å². The molecule has 5 saturated carbocycles. The number of alkyl halides is 4.